The zero-order chi connectivity index (χ0) is 18.5. The van der Waals surface area contributed by atoms with Crippen molar-refractivity contribution in [3.05, 3.63) is 82.3 Å². The Morgan fingerprint density at radius 1 is 1.08 bits per heavy atom. The van der Waals surface area contributed by atoms with Crippen molar-refractivity contribution < 1.29 is 4.79 Å². The van der Waals surface area contributed by atoms with Crippen molar-refractivity contribution in [2.45, 2.75) is 20.4 Å². The predicted molar refractivity (Wildman–Crippen MR) is 105 cm³/mol. The summed E-state index contributed by atoms with van der Waals surface area (Å²) < 4.78 is 0. The standard InChI is InChI=1S/C20H19ClN4O/c1-13-7-8-14(2)17(9-13)25-20(26)18-10-19(24-12-23-18)22-11-15-5-3-4-6-16(15)21/h3-10,12H,11H2,1-2H3,(H,25,26)(H,22,23,24). The summed E-state index contributed by atoms with van der Waals surface area (Å²) in [4.78, 5) is 20.7. The summed E-state index contributed by atoms with van der Waals surface area (Å²) in [6.07, 6.45) is 1.37. The van der Waals surface area contributed by atoms with E-state index in [1.165, 1.54) is 6.33 Å². The van der Waals surface area contributed by atoms with Gasteiger partial charge >= 0.3 is 0 Å². The van der Waals surface area contributed by atoms with Crippen LogP contribution in [0.15, 0.2) is 54.9 Å². The maximum atomic E-state index is 12.5. The Hall–Kier alpha value is -2.92. The minimum Gasteiger partial charge on any atom is -0.366 e. The van der Waals surface area contributed by atoms with Crippen LogP contribution >= 0.6 is 11.6 Å². The van der Waals surface area contributed by atoms with Gasteiger partial charge in [0.25, 0.3) is 5.91 Å². The second-order valence-corrected chi connectivity index (χ2v) is 6.41. The molecule has 0 spiro atoms. The van der Waals surface area contributed by atoms with E-state index in [0.29, 0.717) is 23.1 Å². The number of anilines is 2. The molecule has 0 atom stereocenters. The molecule has 1 amide bonds. The molecular formula is C20H19ClN4O. The van der Waals surface area contributed by atoms with E-state index in [1.54, 1.807) is 6.07 Å². The molecule has 2 aromatic carbocycles. The molecule has 0 fully saturated rings. The van der Waals surface area contributed by atoms with E-state index < -0.39 is 0 Å². The highest BCUT2D eigenvalue weighted by molar-refractivity contribution is 6.31. The number of carbonyl (C=O) groups is 1. The van der Waals surface area contributed by atoms with Crippen molar-refractivity contribution in [1.82, 2.24) is 9.97 Å². The molecule has 0 aliphatic carbocycles. The van der Waals surface area contributed by atoms with Gasteiger partial charge in [0.15, 0.2) is 0 Å². The third-order valence-electron chi connectivity index (χ3n) is 3.96. The maximum absolute atomic E-state index is 12.5. The van der Waals surface area contributed by atoms with Crippen LogP contribution in [0.25, 0.3) is 0 Å². The predicted octanol–water partition coefficient (Wildman–Crippen LogP) is 4.61. The Kier molecular flexibility index (Phi) is 5.49. The van der Waals surface area contributed by atoms with Gasteiger partial charge in [-0.1, -0.05) is 41.9 Å². The fourth-order valence-electron chi connectivity index (χ4n) is 2.46. The van der Waals surface area contributed by atoms with Gasteiger partial charge in [0.05, 0.1) is 0 Å². The molecule has 0 aliphatic rings. The van der Waals surface area contributed by atoms with Gasteiger partial charge in [-0.2, -0.15) is 0 Å². The number of aromatic nitrogens is 2. The van der Waals surface area contributed by atoms with E-state index >= 15 is 0 Å². The molecule has 132 valence electrons. The second kappa shape index (κ2) is 7.97. The van der Waals surface area contributed by atoms with E-state index in [9.17, 15) is 4.79 Å². The zero-order valence-corrected chi connectivity index (χ0v) is 15.3. The molecule has 26 heavy (non-hydrogen) atoms. The first kappa shape index (κ1) is 17.9. The lowest BCUT2D eigenvalue weighted by Gasteiger charge is -2.10. The number of nitrogens with zero attached hydrogens (tertiary/aromatic N) is 2. The molecule has 0 bridgehead atoms. The third-order valence-corrected chi connectivity index (χ3v) is 4.33. The topological polar surface area (TPSA) is 66.9 Å². The number of hydrogen-bond donors (Lipinski definition) is 2. The lowest BCUT2D eigenvalue weighted by molar-refractivity contribution is 0.102. The van der Waals surface area contributed by atoms with Crippen LogP contribution in [-0.2, 0) is 6.54 Å². The van der Waals surface area contributed by atoms with Crippen molar-refractivity contribution in [2.75, 3.05) is 10.6 Å². The van der Waals surface area contributed by atoms with Crippen molar-refractivity contribution in [3.63, 3.8) is 0 Å². The van der Waals surface area contributed by atoms with Gasteiger partial charge in [0.1, 0.15) is 17.8 Å². The minimum absolute atomic E-state index is 0.276. The summed E-state index contributed by atoms with van der Waals surface area (Å²) >= 11 is 6.15. The monoisotopic (exact) mass is 366 g/mol. The third kappa shape index (κ3) is 4.37. The molecule has 0 saturated carbocycles. The summed E-state index contributed by atoms with van der Waals surface area (Å²) in [6.45, 7) is 4.44. The molecule has 0 aliphatic heterocycles. The van der Waals surface area contributed by atoms with Crippen LogP contribution in [0.5, 0.6) is 0 Å². The Bertz CT molecular complexity index is 943. The summed E-state index contributed by atoms with van der Waals surface area (Å²) in [6, 6.07) is 15.1. The summed E-state index contributed by atoms with van der Waals surface area (Å²) in [7, 11) is 0. The van der Waals surface area contributed by atoms with E-state index in [4.69, 9.17) is 11.6 Å². The van der Waals surface area contributed by atoms with Crippen LogP contribution in [0.1, 0.15) is 27.2 Å². The number of rotatable bonds is 5. The first-order chi connectivity index (χ1) is 12.5. The summed E-state index contributed by atoms with van der Waals surface area (Å²) in [5.74, 6) is 0.285. The highest BCUT2D eigenvalue weighted by Gasteiger charge is 2.11. The lowest BCUT2D eigenvalue weighted by Crippen LogP contribution is -2.15. The molecule has 0 radical (unpaired) electrons. The fraction of sp³-hybridized carbons (Fsp3) is 0.150. The molecule has 5 nitrogen and oxygen atoms in total. The van der Waals surface area contributed by atoms with Gasteiger partial charge in [0.2, 0.25) is 0 Å². The Balaban J connectivity index is 1.71. The fourth-order valence-corrected chi connectivity index (χ4v) is 2.67. The Morgan fingerprint density at radius 3 is 2.69 bits per heavy atom. The van der Waals surface area contributed by atoms with Crippen LogP contribution < -0.4 is 10.6 Å². The second-order valence-electron chi connectivity index (χ2n) is 6.01. The quantitative estimate of drug-likeness (QED) is 0.691. The minimum atomic E-state index is -0.276. The average Bonchev–Trinajstić information content (AvgIpc) is 2.64. The maximum Gasteiger partial charge on any atom is 0.274 e. The Labute approximate surface area is 157 Å². The highest BCUT2D eigenvalue weighted by atomic mass is 35.5. The molecule has 2 N–H and O–H groups in total. The smallest absolute Gasteiger partial charge is 0.274 e. The molecule has 6 heteroatoms. The van der Waals surface area contributed by atoms with Gasteiger partial charge in [0, 0.05) is 23.3 Å². The number of nitrogens with one attached hydrogen (secondary N) is 2. The van der Waals surface area contributed by atoms with Gasteiger partial charge in [-0.3, -0.25) is 4.79 Å². The van der Waals surface area contributed by atoms with Crippen molar-refractivity contribution in [2.24, 2.45) is 0 Å². The molecule has 0 unspecified atom stereocenters. The number of halogens is 1. The number of amides is 1. The van der Waals surface area contributed by atoms with Gasteiger partial charge in [-0.25, -0.2) is 9.97 Å². The summed E-state index contributed by atoms with van der Waals surface area (Å²) in [5, 5.41) is 6.75. The van der Waals surface area contributed by atoms with Gasteiger partial charge in [-0.05, 0) is 42.7 Å². The number of hydrogen-bond acceptors (Lipinski definition) is 4. The number of benzene rings is 2. The van der Waals surface area contributed by atoms with E-state index in [1.807, 2.05) is 56.3 Å². The molecule has 1 heterocycles. The average molecular weight is 367 g/mol. The van der Waals surface area contributed by atoms with Gasteiger partial charge in [-0.15, -0.1) is 0 Å². The molecule has 1 aromatic heterocycles. The molecular weight excluding hydrogens is 348 g/mol. The molecule has 3 aromatic rings. The van der Waals surface area contributed by atoms with Crippen LogP contribution in [-0.4, -0.2) is 15.9 Å². The van der Waals surface area contributed by atoms with Gasteiger partial charge < -0.3 is 10.6 Å². The first-order valence-corrected chi connectivity index (χ1v) is 8.58. The van der Waals surface area contributed by atoms with Crippen LogP contribution in [0, 0.1) is 13.8 Å². The van der Waals surface area contributed by atoms with Crippen molar-refractivity contribution in [3.8, 4) is 0 Å². The van der Waals surface area contributed by atoms with Crippen LogP contribution in [0.3, 0.4) is 0 Å². The summed E-state index contributed by atoms with van der Waals surface area (Å²) in [5.41, 5.74) is 4.10. The van der Waals surface area contributed by atoms with Crippen molar-refractivity contribution in [1.29, 1.82) is 0 Å². The number of aryl methyl sites for hydroxylation is 2. The van der Waals surface area contributed by atoms with E-state index in [-0.39, 0.29) is 5.91 Å². The normalized spacial score (nSPS) is 10.4. The number of carbonyl (C=O) groups excluding carboxylic acids is 1. The van der Waals surface area contributed by atoms with E-state index in [0.717, 1.165) is 22.4 Å². The highest BCUT2D eigenvalue weighted by Crippen LogP contribution is 2.18. The first-order valence-electron chi connectivity index (χ1n) is 8.21. The van der Waals surface area contributed by atoms with Crippen molar-refractivity contribution >= 4 is 29.0 Å². The largest absolute Gasteiger partial charge is 0.366 e. The molecule has 3 rings (SSSR count). The SMILES string of the molecule is Cc1ccc(C)c(NC(=O)c2cc(NCc3ccccc3Cl)ncn2)c1. The van der Waals surface area contributed by atoms with E-state index in [2.05, 4.69) is 20.6 Å². The van der Waals surface area contributed by atoms with Crippen LogP contribution in [0.4, 0.5) is 11.5 Å². The lowest BCUT2D eigenvalue weighted by atomic mass is 10.1. The zero-order valence-electron chi connectivity index (χ0n) is 14.6. The Morgan fingerprint density at radius 2 is 1.88 bits per heavy atom. The van der Waals surface area contributed by atoms with Crippen LogP contribution in [0.2, 0.25) is 5.02 Å². The molecule has 0 saturated heterocycles.